The van der Waals surface area contributed by atoms with Gasteiger partial charge in [-0.05, 0) is 6.54 Å². The van der Waals surface area contributed by atoms with Crippen LogP contribution in [0.15, 0.2) is 12.2 Å². The smallest absolute Gasteiger partial charge is 0.328 e. The third-order valence-electron chi connectivity index (χ3n) is 0.368. The molecule has 0 rings (SSSR count). The molecule has 0 spiro atoms. The van der Waals surface area contributed by atoms with Crippen molar-refractivity contribution in [2.75, 3.05) is 6.54 Å². The summed E-state index contributed by atoms with van der Waals surface area (Å²) in [6.45, 7) is 2.65. The highest BCUT2D eigenvalue weighted by Crippen LogP contribution is 1.70. The highest BCUT2D eigenvalue weighted by Gasteiger charge is 1.88. The molecule has 0 aromatic heterocycles. The molecule has 0 saturated carbocycles. The predicted octanol–water partition coefficient (Wildman–Crippen LogP) is -1.15. The molecule has 12 heavy (non-hydrogen) atoms. The normalized spacial score (nSPS) is 7.83. The lowest BCUT2D eigenvalue weighted by Crippen LogP contribution is -1.91. The quantitative estimate of drug-likeness (QED) is 0.460. The van der Waals surface area contributed by atoms with Gasteiger partial charge in [-0.25, -0.2) is 9.59 Å². The first kappa shape index (κ1) is 16.9. The molecule has 0 atom stereocenters. The number of carboxylic acid groups (broad SMARTS) is 2. The minimum atomic E-state index is -1.26. The number of hydrogen-bond acceptors (Lipinski definition) is 3. The second kappa shape index (κ2) is 12.3. The van der Waals surface area contributed by atoms with Crippen molar-refractivity contribution in [2.24, 2.45) is 5.73 Å². The molecule has 0 aromatic carbocycles. The number of carbonyl (C=O) groups is 2. The van der Waals surface area contributed by atoms with Gasteiger partial charge in [0.2, 0.25) is 0 Å². The van der Waals surface area contributed by atoms with Gasteiger partial charge < -0.3 is 21.4 Å². The maximum atomic E-state index is 9.55. The summed E-state index contributed by atoms with van der Waals surface area (Å²) in [6.07, 6.45) is 1.12. The zero-order valence-electron chi connectivity index (χ0n) is 6.65. The van der Waals surface area contributed by atoms with Crippen LogP contribution in [-0.2, 0) is 9.59 Å². The Morgan fingerprint density at radius 1 is 1.25 bits per heavy atom. The van der Waals surface area contributed by atoms with Crippen molar-refractivity contribution < 1.29 is 25.3 Å². The molecule has 0 aliphatic carbocycles. The van der Waals surface area contributed by atoms with E-state index in [-0.39, 0.29) is 5.48 Å². The SMILES string of the molecule is CCN.O.O=C(O)/C=C\C(=O)O. The van der Waals surface area contributed by atoms with Crippen LogP contribution in [0.4, 0.5) is 0 Å². The van der Waals surface area contributed by atoms with Gasteiger partial charge in [-0.2, -0.15) is 0 Å². The summed E-state index contributed by atoms with van der Waals surface area (Å²) in [4.78, 5) is 19.1. The van der Waals surface area contributed by atoms with Crippen LogP contribution >= 0.6 is 0 Å². The summed E-state index contributed by atoms with van der Waals surface area (Å²) < 4.78 is 0. The lowest BCUT2D eigenvalue weighted by atomic mass is 10.5. The van der Waals surface area contributed by atoms with Crippen LogP contribution < -0.4 is 5.73 Å². The van der Waals surface area contributed by atoms with Crippen LogP contribution in [0.5, 0.6) is 0 Å². The third kappa shape index (κ3) is 38.3. The molecule has 0 heterocycles. The standard InChI is InChI=1S/C4H4O4.C2H7N.H2O/c5-3(6)1-2-4(7)8;1-2-3;/h1-2H,(H,5,6)(H,7,8);2-3H2,1H3;1H2/b2-1-;;. The molecule has 0 amide bonds. The molecule has 0 unspecified atom stereocenters. The number of aliphatic carboxylic acids is 2. The van der Waals surface area contributed by atoms with E-state index in [4.69, 9.17) is 15.9 Å². The molecule has 6 nitrogen and oxygen atoms in total. The van der Waals surface area contributed by atoms with E-state index in [2.05, 4.69) is 0 Å². The fraction of sp³-hybridized carbons (Fsp3) is 0.333. The van der Waals surface area contributed by atoms with Gasteiger partial charge in [-0.15, -0.1) is 0 Å². The summed E-state index contributed by atoms with van der Waals surface area (Å²) in [5.41, 5.74) is 4.85. The molecular formula is C6H13NO5. The van der Waals surface area contributed by atoms with Gasteiger partial charge in [0, 0.05) is 12.2 Å². The van der Waals surface area contributed by atoms with Crippen molar-refractivity contribution in [1.82, 2.24) is 0 Å². The van der Waals surface area contributed by atoms with Crippen LogP contribution in [-0.4, -0.2) is 34.2 Å². The fourth-order valence-corrected chi connectivity index (χ4v) is 0.143. The Morgan fingerprint density at radius 2 is 1.42 bits per heavy atom. The van der Waals surface area contributed by atoms with Crippen molar-refractivity contribution in [2.45, 2.75) is 6.92 Å². The zero-order valence-corrected chi connectivity index (χ0v) is 6.65. The van der Waals surface area contributed by atoms with Crippen molar-refractivity contribution in [3.05, 3.63) is 12.2 Å². The minimum Gasteiger partial charge on any atom is -0.478 e. The molecule has 6 heteroatoms. The summed E-state index contributed by atoms with van der Waals surface area (Å²) in [5, 5.41) is 15.6. The van der Waals surface area contributed by atoms with E-state index < -0.39 is 11.9 Å². The molecule has 72 valence electrons. The lowest BCUT2D eigenvalue weighted by molar-refractivity contribution is -0.134. The van der Waals surface area contributed by atoms with Crippen LogP contribution in [0.25, 0.3) is 0 Å². The van der Waals surface area contributed by atoms with Gasteiger partial charge in [0.15, 0.2) is 0 Å². The molecule has 0 fully saturated rings. The molecule has 0 saturated heterocycles. The van der Waals surface area contributed by atoms with Gasteiger partial charge in [0.1, 0.15) is 0 Å². The Balaban J connectivity index is -0.000000177. The van der Waals surface area contributed by atoms with Crippen LogP contribution in [0, 0.1) is 0 Å². The Kier molecular flexibility index (Phi) is 17.3. The van der Waals surface area contributed by atoms with Crippen molar-refractivity contribution in [3.63, 3.8) is 0 Å². The van der Waals surface area contributed by atoms with Crippen LogP contribution in [0.2, 0.25) is 0 Å². The van der Waals surface area contributed by atoms with E-state index in [0.29, 0.717) is 12.2 Å². The molecule has 0 bridgehead atoms. The number of nitrogens with two attached hydrogens (primary N) is 1. The van der Waals surface area contributed by atoms with E-state index in [1.54, 1.807) is 0 Å². The van der Waals surface area contributed by atoms with E-state index in [1.165, 1.54) is 0 Å². The van der Waals surface area contributed by atoms with Gasteiger partial charge in [-0.1, -0.05) is 6.92 Å². The highest BCUT2D eigenvalue weighted by atomic mass is 16.4. The zero-order chi connectivity index (χ0) is 9.28. The monoisotopic (exact) mass is 179 g/mol. The molecule has 0 aliphatic heterocycles. The number of hydrogen-bond donors (Lipinski definition) is 3. The van der Waals surface area contributed by atoms with E-state index in [9.17, 15) is 9.59 Å². The van der Waals surface area contributed by atoms with Crippen molar-refractivity contribution in [3.8, 4) is 0 Å². The largest absolute Gasteiger partial charge is 0.478 e. The second-order valence-electron chi connectivity index (χ2n) is 1.42. The number of rotatable bonds is 2. The first-order valence-electron chi connectivity index (χ1n) is 2.88. The maximum Gasteiger partial charge on any atom is 0.328 e. The Labute approximate surface area is 69.6 Å². The first-order chi connectivity index (χ1) is 5.04. The molecule has 6 N–H and O–H groups in total. The second-order valence-corrected chi connectivity index (χ2v) is 1.42. The molecule has 0 aliphatic rings. The Bertz CT molecular complexity index is 138. The van der Waals surface area contributed by atoms with Gasteiger partial charge >= 0.3 is 11.9 Å². The predicted molar refractivity (Wildman–Crippen MR) is 42.8 cm³/mol. The van der Waals surface area contributed by atoms with Gasteiger partial charge in [-0.3, -0.25) is 0 Å². The average Bonchev–Trinajstić information content (AvgIpc) is 1.85. The minimum absolute atomic E-state index is 0. The third-order valence-corrected chi connectivity index (χ3v) is 0.368. The van der Waals surface area contributed by atoms with E-state index in [0.717, 1.165) is 6.54 Å². The number of carboxylic acids is 2. The topological polar surface area (TPSA) is 132 Å². The fourth-order valence-electron chi connectivity index (χ4n) is 0.143. The van der Waals surface area contributed by atoms with Crippen LogP contribution in [0.1, 0.15) is 6.92 Å². The summed E-state index contributed by atoms with van der Waals surface area (Å²) >= 11 is 0. The lowest BCUT2D eigenvalue weighted by Gasteiger charge is -1.74. The summed E-state index contributed by atoms with van der Waals surface area (Å²) in [6, 6.07) is 0. The van der Waals surface area contributed by atoms with Crippen LogP contribution in [0.3, 0.4) is 0 Å². The molecule has 0 aromatic rings. The summed E-state index contributed by atoms with van der Waals surface area (Å²) in [7, 11) is 0. The summed E-state index contributed by atoms with van der Waals surface area (Å²) in [5.74, 6) is -2.51. The average molecular weight is 179 g/mol. The first-order valence-corrected chi connectivity index (χ1v) is 2.88. The van der Waals surface area contributed by atoms with Gasteiger partial charge in [0.05, 0.1) is 0 Å². The molecule has 0 radical (unpaired) electrons. The van der Waals surface area contributed by atoms with E-state index >= 15 is 0 Å². The van der Waals surface area contributed by atoms with E-state index in [1.807, 2.05) is 6.92 Å². The Hall–Kier alpha value is -1.40. The maximum absolute atomic E-state index is 9.55. The van der Waals surface area contributed by atoms with Crippen molar-refractivity contribution in [1.29, 1.82) is 0 Å². The molecular weight excluding hydrogens is 166 g/mol. The van der Waals surface area contributed by atoms with Gasteiger partial charge in [0.25, 0.3) is 0 Å². The highest BCUT2D eigenvalue weighted by molar-refractivity contribution is 5.89. The van der Waals surface area contributed by atoms with Crippen molar-refractivity contribution >= 4 is 11.9 Å². The Morgan fingerprint density at radius 3 is 1.50 bits per heavy atom.